The molecule has 27 heavy (non-hydrogen) atoms. The average molecular weight is 372 g/mol. The summed E-state index contributed by atoms with van der Waals surface area (Å²) in [6.07, 6.45) is 0.913. The minimum Gasteiger partial charge on any atom is -0.493 e. The molecular formula is C20H28N4O3. The van der Waals surface area contributed by atoms with Crippen LogP contribution >= 0.6 is 0 Å². The number of aliphatic hydroxyl groups excluding tert-OH is 1. The van der Waals surface area contributed by atoms with Crippen molar-refractivity contribution < 1.29 is 14.6 Å². The zero-order valence-electron chi connectivity index (χ0n) is 16.5. The molecule has 1 aromatic heterocycles. The second-order valence-electron chi connectivity index (χ2n) is 6.93. The van der Waals surface area contributed by atoms with Gasteiger partial charge in [-0.25, -0.2) is 4.98 Å². The van der Waals surface area contributed by atoms with E-state index in [1.807, 2.05) is 0 Å². The lowest BCUT2D eigenvalue weighted by Crippen LogP contribution is -2.31. The summed E-state index contributed by atoms with van der Waals surface area (Å²) in [6, 6.07) is 6.18. The van der Waals surface area contributed by atoms with Crippen molar-refractivity contribution in [2.45, 2.75) is 32.7 Å². The van der Waals surface area contributed by atoms with Crippen molar-refractivity contribution in [3.8, 4) is 11.5 Å². The van der Waals surface area contributed by atoms with Crippen LogP contribution in [-0.4, -0.2) is 49.0 Å². The highest BCUT2D eigenvalue weighted by molar-refractivity contribution is 5.53. The molecule has 7 nitrogen and oxygen atoms in total. The Bertz CT molecular complexity index is 795. The monoisotopic (exact) mass is 372 g/mol. The van der Waals surface area contributed by atoms with Gasteiger partial charge in [-0.1, -0.05) is 13.8 Å². The maximum absolute atomic E-state index is 9.07. The van der Waals surface area contributed by atoms with E-state index in [1.165, 1.54) is 11.1 Å². The smallest absolute Gasteiger partial charge is 0.224 e. The number of benzene rings is 1. The second-order valence-corrected chi connectivity index (χ2v) is 6.93. The van der Waals surface area contributed by atoms with Gasteiger partial charge in [0.05, 0.1) is 26.5 Å². The molecule has 0 spiro atoms. The lowest BCUT2D eigenvalue weighted by atomic mass is 9.98. The number of nitrogens with one attached hydrogen (secondary N) is 1. The molecular weight excluding hydrogens is 344 g/mol. The van der Waals surface area contributed by atoms with Gasteiger partial charge in [-0.3, -0.25) is 0 Å². The van der Waals surface area contributed by atoms with Crippen LogP contribution in [0.25, 0.3) is 0 Å². The number of fused-ring (bicyclic) bond motifs is 1. The molecule has 2 N–H and O–H groups in total. The molecule has 0 atom stereocenters. The number of aliphatic hydroxyl groups is 1. The Balaban J connectivity index is 1.90. The lowest BCUT2D eigenvalue weighted by Gasteiger charge is -2.31. The van der Waals surface area contributed by atoms with E-state index in [0.717, 1.165) is 42.5 Å². The van der Waals surface area contributed by atoms with E-state index in [2.05, 4.69) is 52.2 Å². The third-order valence-electron chi connectivity index (χ3n) is 4.76. The predicted molar refractivity (Wildman–Crippen MR) is 106 cm³/mol. The van der Waals surface area contributed by atoms with Gasteiger partial charge in [0.25, 0.3) is 0 Å². The highest BCUT2D eigenvalue weighted by atomic mass is 16.5. The Morgan fingerprint density at radius 3 is 2.44 bits per heavy atom. The Labute approximate surface area is 160 Å². The quantitative estimate of drug-likeness (QED) is 0.773. The molecule has 0 radical (unpaired) electrons. The molecule has 0 saturated carbocycles. The van der Waals surface area contributed by atoms with E-state index < -0.39 is 0 Å². The van der Waals surface area contributed by atoms with Gasteiger partial charge in [0.1, 0.15) is 5.82 Å². The van der Waals surface area contributed by atoms with E-state index in [9.17, 15) is 0 Å². The van der Waals surface area contributed by atoms with E-state index in [1.54, 1.807) is 14.2 Å². The van der Waals surface area contributed by atoms with E-state index in [0.29, 0.717) is 18.4 Å². The van der Waals surface area contributed by atoms with Gasteiger partial charge < -0.3 is 24.8 Å². The topological polar surface area (TPSA) is 79.7 Å². The van der Waals surface area contributed by atoms with Gasteiger partial charge in [0.15, 0.2) is 11.5 Å². The van der Waals surface area contributed by atoms with Crippen LogP contribution in [0.3, 0.4) is 0 Å². The number of ether oxygens (including phenoxy) is 2. The summed E-state index contributed by atoms with van der Waals surface area (Å²) in [5, 5.41) is 12.2. The second kappa shape index (κ2) is 8.43. The first-order chi connectivity index (χ1) is 13.0. The Morgan fingerprint density at radius 2 is 1.81 bits per heavy atom. The molecule has 0 unspecified atom stereocenters. The number of nitrogens with zero attached hydrogens (tertiary/aromatic N) is 3. The van der Waals surface area contributed by atoms with Gasteiger partial charge in [-0.2, -0.15) is 4.98 Å². The molecule has 0 fully saturated rings. The molecule has 2 aromatic rings. The number of methoxy groups -OCH3 is 2. The summed E-state index contributed by atoms with van der Waals surface area (Å²) in [7, 11) is 3.32. The Morgan fingerprint density at radius 1 is 1.11 bits per heavy atom. The molecule has 0 amide bonds. The minimum absolute atomic E-state index is 0.0450. The fourth-order valence-electron chi connectivity index (χ4n) is 3.24. The van der Waals surface area contributed by atoms with E-state index in [-0.39, 0.29) is 6.61 Å². The van der Waals surface area contributed by atoms with Gasteiger partial charge in [-0.15, -0.1) is 0 Å². The van der Waals surface area contributed by atoms with Crippen LogP contribution in [0.15, 0.2) is 18.2 Å². The number of anilines is 2. The van der Waals surface area contributed by atoms with Crippen molar-refractivity contribution in [3.63, 3.8) is 0 Å². The largest absolute Gasteiger partial charge is 0.493 e. The number of aromatic nitrogens is 2. The zero-order valence-corrected chi connectivity index (χ0v) is 16.5. The number of hydrogen-bond donors (Lipinski definition) is 2. The third kappa shape index (κ3) is 4.24. The zero-order chi connectivity index (χ0) is 19.4. The maximum Gasteiger partial charge on any atom is 0.224 e. The highest BCUT2D eigenvalue weighted by Crippen LogP contribution is 2.34. The van der Waals surface area contributed by atoms with Gasteiger partial charge in [0, 0.05) is 25.7 Å². The van der Waals surface area contributed by atoms with Gasteiger partial charge in [-0.05, 0) is 35.6 Å². The molecule has 1 aliphatic heterocycles. The molecule has 0 aliphatic carbocycles. The summed E-state index contributed by atoms with van der Waals surface area (Å²) in [4.78, 5) is 11.5. The average Bonchev–Trinajstić information content (AvgIpc) is 2.70. The van der Waals surface area contributed by atoms with Crippen LogP contribution in [0, 0.1) is 0 Å². The molecule has 146 valence electrons. The van der Waals surface area contributed by atoms with Crippen molar-refractivity contribution in [1.29, 1.82) is 0 Å². The van der Waals surface area contributed by atoms with Crippen LogP contribution in [0.5, 0.6) is 11.5 Å². The van der Waals surface area contributed by atoms with Crippen LogP contribution in [0.4, 0.5) is 11.8 Å². The summed E-state index contributed by atoms with van der Waals surface area (Å²) < 4.78 is 10.9. The van der Waals surface area contributed by atoms with E-state index in [4.69, 9.17) is 14.6 Å². The van der Waals surface area contributed by atoms with Crippen molar-refractivity contribution in [1.82, 2.24) is 9.97 Å². The molecule has 2 heterocycles. The predicted octanol–water partition coefficient (Wildman–Crippen LogP) is 2.58. The van der Waals surface area contributed by atoms with Crippen LogP contribution < -0.4 is 19.7 Å². The minimum atomic E-state index is 0.0450. The first-order valence-corrected chi connectivity index (χ1v) is 9.28. The molecule has 3 rings (SSSR count). The van der Waals surface area contributed by atoms with Crippen LogP contribution in [0.2, 0.25) is 0 Å². The van der Waals surface area contributed by atoms with Crippen LogP contribution in [-0.2, 0) is 13.0 Å². The van der Waals surface area contributed by atoms with Crippen molar-refractivity contribution in [3.05, 3.63) is 35.0 Å². The molecule has 1 aliphatic rings. The molecule has 0 bridgehead atoms. The standard InChI is InChI=1S/C20H28N4O3/c1-13(2)16-11-19(23-20(22-16)21-6-8-25)24-7-5-14-9-17(26-3)18(27-4)10-15(14)12-24/h9-11,13,25H,5-8,12H2,1-4H3,(H,21,22,23). The third-order valence-corrected chi connectivity index (χ3v) is 4.76. The Kier molecular flexibility index (Phi) is 6.01. The number of rotatable bonds is 7. The van der Waals surface area contributed by atoms with Crippen molar-refractivity contribution >= 4 is 11.8 Å². The van der Waals surface area contributed by atoms with Gasteiger partial charge in [0.2, 0.25) is 5.95 Å². The first kappa shape index (κ1) is 19.2. The summed E-state index contributed by atoms with van der Waals surface area (Å²) in [5.74, 6) is 3.26. The fraction of sp³-hybridized carbons (Fsp3) is 0.500. The summed E-state index contributed by atoms with van der Waals surface area (Å²) in [6.45, 7) is 6.33. The van der Waals surface area contributed by atoms with E-state index >= 15 is 0 Å². The number of hydrogen-bond acceptors (Lipinski definition) is 7. The van der Waals surface area contributed by atoms with Crippen molar-refractivity contribution in [2.75, 3.05) is 44.1 Å². The molecule has 7 heteroatoms. The van der Waals surface area contributed by atoms with Crippen molar-refractivity contribution in [2.24, 2.45) is 0 Å². The summed E-state index contributed by atoms with van der Waals surface area (Å²) in [5.41, 5.74) is 3.48. The fourth-order valence-corrected chi connectivity index (χ4v) is 3.24. The van der Waals surface area contributed by atoms with Gasteiger partial charge >= 0.3 is 0 Å². The molecule has 1 aromatic carbocycles. The normalized spacial score (nSPS) is 13.5. The SMILES string of the molecule is COc1cc2c(cc1OC)CN(c1cc(C(C)C)nc(NCCO)n1)CC2. The van der Waals surface area contributed by atoms with Crippen LogP contribution in [0.1, 0.15) is 36.6 Å². The first-order valence-electron chi connectivity index (χ1n) is 9.28. The Hall–Kier alpha value is -2.54. The maximum atomic E-state index is 9.07. The lowest BCUT2D eigenvalue weighted by molar-refractivity contribution is 0.310. The summed E-state index contributed by atoms with van der Waals surface area (Å²) >= 11 is 0. The highest BCUT2D eigenvalue weighted by Gasteiger charge is 2.22. The molecule has 0 saturated heterocycles.